The van der Waals surface area contributed by atoms with Gasteiger partial charge in [0.05, 0.1) is 35.4 Å². The highest BCUT2D eigenvalue weighted by molar-refractivity contribution is 7.80. The molecule has 78 valence electrons. The molecule has 1 heterocycles. The Bertz CT molecular complexity index is 362. The molecule has 2 atom stereocenters. The Morgan fingerprint density at radius 2 is 2.27 bits per heavy atom. The first-order chi connectivity index (χ1) is 7.15. The molecule has 1 rings (SSSR count). The molecule has 15 heavy (non-hydrogen) atoms. The number of nitrogens with one attached hydrogen (secondary N) is 1. The molecule has 0 amide bonds. The fourth-order valence-electron chi connectivity index (χ4n) is 1.36. The summed E-state index contributed by atoms with van der Waals surface area (Å²) >= 11 is 5.04. The van der Waals surface area contributed by atoms with Crippen LogP contribution >= 0.6 is 12.2 Å². The molecule has 3 N–H and O–H groups in total. The summed E-state index contributed by atoms with van der Waals surface area (Å²) in [5, 5.41) is 20.2. The summed E-state index contributed by atoms with van der Waals surface area (Å²) < 4.78 is 0. The van der Waals surface area contributed by atoms with Gasteiger partial charge in [0.2, 0.25) is 0 Å². The van der Waals surface area contributed by atoms with Crippen molar-refractivity contribution in [2.45, 2.75) is 31.3 Å². The lowest BCUT2D eigenvalue weighted by atomic mass is 10.1. The van der Waals surface area contributed by atoms with Crippen LogP contribution in [0.25, 0.3) is 0 Å². The van der Waals surface area contributed by atoms with Gasteiger partial charge < -0.3 is 11.1 Å². The van der Waals surface area contributed by atoms with Gasteiger partial charge >= 0.3 is 0 Å². The molecule has 0 aromatic rings. The summed E-state index contributed by atoms with van der Waals surface area (Å²) in [6, 6.07) is 3.49. The van der Waals surface area contributed by atoms with E-state index in [-0.39, 0.29) is 6.04 Å². The van der Waals surface area contributed by atoms with E-state index < -0.39 is 6.04 Å². The second kappa shape index (κ2) is 5.28. The minimum atomic E-state index is -0.413. The summed E-state index contributed by atoms with van der Waals surface area (Å²) in [6.45, 7) is 0. The Hall–Kier alpha value is -1.66. The maximum absolute atomic E-state index is 8.78. The first kappa shape index (κ1) is 11.4. The van der Waals surface area contributed by atoms with Crippen LogP contribution in [0, 0.1) is 22.7 Å². The Morgan fingerprint density at radius 3 is 2.87 bits per heavy atom. The highest BCUT2D eigenvalue weighted by Gasteiger charge is 2.18. The van der Waals surface area contributed by atoms with Gasteiger partial charge in [-0.25, -0.2) is 0 Å². The smallest absolute Gasteiger partial charge is 0.121 e. The topological polar surface area (TPSA) is 98.0 Å². The third kappa shape index (κ3) is 3.53. The van der Waals surface area contributed by atoms with Crippen LogP contribution in [0.2, 0.25) is 0 Å². The van der Waals surface area contributed by atoms with E-state index in [4.69, 9.17) is 28.5 Å². The molecule has 6 heteroatoms. The number of nitrogens with two attached hydrogens (primary N) is 1. The first-order valence-electron chi connectivity index (χ1n) is 4.53. The number of hydrogen-bond donors (Lipinski definition) is 2. The molecule has 0 bridgehead atoms. The maximum atomic E-state index is 8.78. The normalized spacial score (nSPS) is 26.3. The fourth-order valence-corrected chi connectivity index (χ4v) is 1.70. The van der Waals surface area contributed by atoms with Crippen LogP contribution in [0.4, 0.5) is 0 Å². The minimum Gasteiger partial charge on any atom is -0.387 e. The quantitative estimate of drug-likeness (QED) is 0.617. The van der Waals surface area contributed by atoms with Crippen LogP contribution in [0.3, 0.4) is 0 Å². The second-order valence-corrected chi connectivity index (χ2v) is 3.79. The van der Waals surface area contributed by atoms with E-state index in [0.717, 1.165) is 0 Å². The van der Waals surface area contributed by atoms with Gasteiger partial charge in [-0.1, -0.05) is 12.2 Å². The molecular formula is C9H11N5S. The molecular weight excluding hydrogens is 210 g/mol. The van der Waals surface area contributed by atoms with Gasteiger partial charge in [-0.05, 0) is 0 Å². The average molecular weight is 221 g/mol. The number of aliphatic imine (C=N–C) groups is 1. The van der Waals surface area contributed by atoms with E-state index in [1.54, 1.807) is 0 Å². The van der Waals surface area contributed by atoms with Crippen molar-refractivity contribution < 1.29 is 0 Å². The molecule has 1 aliphatic rings. The molecule has 0 fully saturated rings. The zero-order chi connectivity index (χ0) is 11.3. The summed E-state index contributed by atoms with van der Waals surface area (Å²) in [5.74, 6) is 0.400. The molecule has 0 saturated heterocycles. The van der Waals surface area contributed by atoms with E-state index in [1.807, 2.05) is 6.07 Å². The fraction of sp³-hybridized carbons (Fsp3) is 0.556. The largest absolute Gasteiger partial charge is 0.387 e. The van der Waals surface area contributed by atoms with Crippen molar-refractivity contribution in [1.29, 1.82) is 10.5 Å². The van der Waals surface area contributed by atoms with Crippen molar-refractivity contribution >= 4 is 23.0 Å². The predicted molar refractivity (Wildman–Crippen MR) is 60.0 cm³/mol. The first-order valence-corrected chi connectivity index (χ1v) is 4.94. The molecule has 0 radical (unpaired) electrons. The monoisotopic (exact) mass is 221 g/mol. The van der Waals surface area contributed by atoms with Gasteiger partial charge in [0.25, 0.3) is 0 Å². The lowest BCUT2D eigenvalue weighted by Gasteiger charge is -2.20. The van der Waals surface area contributed by atoms with Crippen molar-refractivity contribution in [2.24, 2.45) is 10.7 Å². The standard InChI is InChI=1S/C9H11N5S/c10-2-1-6-4-9(15)14-7(5-11)3-8(12)13-6/h6-7H,1,3-4H2,(H2,12,13)(H,14,15). The van der Waals surface area contributed by atoms with Crippen LogP contribution in [0.5, 0.6) is 0 Å². The van der Waals surface area contributed by atoms with Crippen molar-refractivity contribution in [3.05, 3.63) is 0 Å². The van der Waals surface area contributed by atoms with Crippen LogP contribution in [0.15, 0.2) is 4.99 Å². The number of hydrogen-bond acceptors (Lipinski definition) is 5. The molecule has 0 saturated carbocycles. The van der Waals surface area contributed by atoms with E-state index in [0.29, 0.717) is 30.1 Å². The molecule has 0 aromatic heterocycles. The van der Waals surface area contributed by atoms with E-state index in [9.17, 15) is 0 Å². The van der Waals surface area contributed by atoms with E-state index >= 15 is 0 Å². The molecule has 5 nitrogen and oxygen atoms in total. The van der Waals surface area contributed by atoms with Crippen LogP contribution in [-0.2, 0) is 0 Å². The SMILES string of the molecule is N#CCC1CC(=S)NC(C#N)CC(N)=N1. The van der Waals surface area contributed by atoms with Gasteiger partial charge in [0, 0.05) is 12.8 Å². The second-order valence-electron chi connectivity index (χ2n) is 3.29. The van der Waals surface area contributed by atoms with Crippen LogP contribution in [0.1, 0.15) is 19.3 Å². The third-order valence-corrected chi connectivity index (χ3v) is 2.29. The third-order valence-electron chi connectivity index (χ3n) is 2.00. The zero-order valence-electron chi connectivity index (χ0n) is 8.10. The van der Waals surface area contributed by atoms with E-state index in [2.05, 4.69) is 16.4 Å². The van der Waals surface area contributed by atoms with Gasteiger partial charge in [0.1, 0.15) is 6.04 Å². The van der Waals surface area contributed by atoms with Gasteiger partial charge in [0.15, 0.2) is 0 Å². The lowest BCUT2D eigenvalue weighted by Crippen LogP contribution is -2.40. The van der Waals surface area contributed by atoms with Crippen LogP contribution < -0.4 is 11.1 Å². The van der Waals surface area contributed by atoms with Crippen molar-refractivity contribution in [3.8, 4) is 12.1 Å². The summed E-state index contributed by atoms with van der Waals surface area (Å²) in [5.41, 5.74) is 5.64. The van der Waals surface area contributed by atoms with Crippen molar-refractivity contribution in [3.63, 3.8) is 0 Å². The number of rotatable bonds is 1. The number of nitrogens with zero attached hydrogens (tertiary/aromatic N) is 3. The highest BCUT2D eigenvalue weighted by Crippen LogP contribution is 2.09. The average Bonchev–Trinajstić information content (AvgIpc) is 2.14. The summed E-state index contributed by atoms with van der Waals surface area (Å²) in [4.78, 5) is 4.74. The van der Waals surface area contributed by atoms with E-state index in [1.165, 1.54) is 0 Å². The number of thiocarbonyl (C=S) groups is 1. The highest BCUT2D eigenvalue weighted by atomic mass is 32.1. The Balaban J connectivity index is 2.80. The molecule has 0 aliphatic carbocycles. The van der Waals surface area contributed by atoms with Gasteiger partial charge in [-0.2, -0.15) is 10.5 Å². The zero-order valence-corrected chi connectivity index (χ0v) is 8.92. The molecule has 0 spiro atoms. The van der Waals surface area contributed by atoms with Crippen molar-refractivity contribution in [1.82, 2.24) is 5.32 Å². The Morgan fingerprint density at radius 1 is 1.53 bits per heavy atom. The minimum absolute atomic E-state index is 0.186. The van der Waals surface area contributed by atoms with Gasteiger partial charge in [-0.15, -0.1) is 0 Å². The Labute approximate surface area is 93.6 Å². The predicted octanol–water partition coefficient (Wildman–Crippen LogP) is 0.229. The number of amidine groups is 1. The molecule has 1 aliphatic heterocycles. The summed E-state index contributed by atoms with van der Waals surface area (Å²) in [7, 11) is 0. The molecule has 0 aromatic carbocycles. The Kier molecular flexibility index (Phi) is 4.02. The lowest BCUT2D eigenvalue weighted by molar-refractivity contribution is 0.665. The number of nitriles is 2. The summed E-state index contributed by atoms with van der Waals surface area (Å²) in [6.07, 6.45) is 1.11. The van der Waals surface area contributed by atoms with Crippen LogP contribution in [-0.4, -0.2) is 22.9 Å². The molecule has 2 unspecified atom stereocenters. The van der Waals surface area contributed by atoms with Gasteiger partial charge in [-0.3, -0.25) is 4.99 Å². The maximum Gasteiger partial charge on any atom is 0.121 e. The van der Waals surface area contributed by atoms with Crippen molar-refractivity contribution in [2.75, 3.05) is 0 Å².